The molecule has 0 spiro atoms. The molecule has 0 aliphatic rings. The highest BCUT2D eigenvalue weighted by molar-refractivity contribution is 6.02. The number of carbonyl (C=O) groups is 3. The Morgan fingerprint density at radius 1 is 0.800 bits per heavy atom. The van der Waals surface area contributed by atoms with Gasteiger partial charge in [0.15, 0.2) is 0 Å². The largest absolute Gasteiger partial charge is 0.443 e. The van der Waals surface area contributed by atoms with Crippen molar-refractivity contribution in [3.63, 3.8) is 0 Å². The Kier molecular flexibility index (Phi) is 8.99. The van der Waals surface area contributed by atoms with Crippen LogP contribution in [0.5, 0.6) is 0 Å². The second kappa shape index (κ2) is 11.5. The highest BCUT2D eigenvalue weighted by atomic mass is 16.6. The van der Waals surface area contributed by atoms with Crippen molar-refractivity contribution in [2.45, 2.75) is 65.9 Å². The molecule has 2 rings (SSSR count). The molecule has 0 aliphatic heterocycles. The molecule has 0 fully saturated rings. The number of rotatable bonds is 5. The van der Waals surface area contributed by atoms with Crippen LogP contribution >= 0.6 is 0 Å². The van der Waals surface area contributed by atoms with Crippen LogP contribution in [0, 0.1) is 0 Å². The molecule has 0 radical (unpaired) electrons. The average Bonchev–Trinajstić information content (AvgIpc) is 2.74. The summed E-state index contributed by atoms with van der Waals surface area (Å²) in [5.41, 5.74) is 6.29. The second-order valence-corrected chi connectivity index (χ2v) is 9.78. The van der Waals surface area contributed by atoms with Crippen molar-refractivity contribution in [1.82, 2.24) is 4.90 Å². The minimum atomic E-state index is -0.821. The van der Waals surface area contributed by atoms with Crippen LogP contribution in [0.3, 0.4) is 0 Å². The lowest BCUT2D eigenvalue weighted by Crippen LogP contribution is -2.43. The number of aliphatic imine (C=N–C) groups is 1. The minimum Gasteiger partial charge on any atom is -0.443 e. The Bertz CT molecular complexity index is 1020. The first-order valence-corrected chi connectivity index (χ1v) is 11.1. The van der Waals surface area contributed by atoms with E-state index in [1.165, 1.54) is 0 Å². The highest BCUT2D eigenvalue weighted by Gasteiger charge is 2.31. The van der Waals surface area contributed by atoms with Crippen LogP contribution in [0.1, 0.15) is 58.2 Å². The minimum absolute atomic E-state index is 0.0225. The molecule has 2 aromatic carbocycles. The number of amidine groups is 1. The van der Waals surface area contributed by atoms with Crippen LogP contribution in [-0.2, 0) is 27.4 Å². The van der Waals surface area contributed by atoms with E-state index in [1.54, 1.807) is 65.8 Å². The Morgan fingerprint density at radius 2 is 1.31 bits per heavy atom. The van der Waals surface area contributed by atoms with Crippen molar-refractivity contribution < 1.29 is 28.6 Å². The van der Waals surface area contributed by atoms with Gasteiger partial charge in [-0.2, -0.15) is 4.99 Å². The first kappa shape index (κ1) is 27.4. The summed E-state index contributed by atoms with van der Waals surface area (Å²) in [7, 11) is 0. The van der Waals surface area contributed by atoms with E-state index in [-0.39, 0.29) is 19.0 Å². The van der Waals surface area contributed by atoms with Crippen molar-refractivity contribution in [3.8, 4) is 0 Å². The van der Waals surface area contributed by atoms with Gasteiger partial charge in [0, 0.05) is 5.56 Å². The Morgan fingerprint density at radius 3 is 1.80 bits per heavy atom. The van der Waals surface area contributed by atoms with Crippen molar-refractivity contribution in [1.29, 1.82) is 0 Å². The summed E-state index contributed by atoms with van der Waals surface area (Å²) in [5, 5.41) is 0. The number of carbonyl (C=O) groups excluding carboxylic acids is 3. The fraction of sp³-hybridized carbons (Fsp3) is 0.385. The van der Waals surface area contributed by atoms with Gasteiger partial charge >= 0.3 is 18.3 Å². The lowest BCUT2D eigenvalue weighted by Gasteiger charge is -2.28. The number of amides is 3. The number of nitrogens with zero attached hydrogens (tertiary/aromatic N) is 2. The summed E-state index contributed by atoms with van der Waals surface area (Å²) >= 11 is 0. The first-order valence-electron chi connectivity index (χ1n) is 11.1. The molecule has 3 amide bonds. The summed E-state index contributed by atoms with van der Waals surface area (Å²) in [5.74, 6) is -0.0225. The van der Waals surface area contributed by atoms with Gasteiger partial charge in [-0.3, -0.25) is 0 Å². The molecule has 0 saturated carbocycles. The third-order valence-corrected chi connectivity index (χ3v) is 4.24. The molecule has 9 heteroatoms. The molecule has 9 nitrogen and oxygen atoms in total. The lowest BCUT2D eigenvalue weighted by molar-refractivity contribution is -0.000261. The summed E-state index contributed by atoms with van der Waals surface area (Å²) in [6.45, 7) is 10.3. The Hall–Kier alpha value is -3.88. The molecule has 0 atom stereocenters. The third kappa shape index (κ3) is 9.87. The molecule has 0 heterocycles. The second-order valence-electron chi connectivity index (χ2n) is 9.78. The number of imide groups is 1. The van der Waals surface area contributed by atoms with Gasteiger partial charge in [0.25, 0.3) is 0 Å². The van der Waals surface area contributed by atoms with Gasteiger partial charge in [-0.05, 0) is 52.7 Å². The maximum absolute atomic E-state index is 12.7. The molecule has 188 valence electrons. The Balaban J connectivity index is 2.09. The normalized spacial score (nSPS) is 12.0. The van der Waals surface area contributed by atoms with E-state index in [4.69, 9.17) is 19.9 Å². The van der Waals surface area contributed by atoms with E-state index in [0.717, 1.165) is 10.5 Å². The number of ether oxygens (including phenoxy) is 3. The van der Waals surface area contributed by atoms with Crippen molar-refractivity contribution in [2.24, 2.45) is 10.7 Å². The number of nitrogens with two attached hydrogens (primary N) is 1. The SMILES string of the molecule is CC(C)(C)OC(=O)N(Cc1ccc(C(N)=NC(=O)OCc2ccccc2)cc1)C(=O)OC(C)(C)C. The van der Waals surface area contributed by atoms with E-state index in [9.17, 15) is 14.4 Å². The molecule has 0 saturated heterocycles. The van der Waals surface area contributed by atoms with Crippen molar-refractivity contribution in [3.05, 3.63) is 71.3 Å². The molecule has 0 aromatic heterocycles. The van der Waals surface area contributed by atoms with E-state index in [0.29, 0.717) is 11.1 Å². The predicted molar refractivity (Wildman–Crippen MR) is 132 cm³/mol. The van der Waals surface area contributed by atoms with Gasteiger partial charge < -0.3 is 19.9 Å². The number of benzene rings is 2. The molecule has 0 aliphatic carbocycles. The number of hydrogen-bond donors (Lipinski definition) is 1. The van der Waals surface area contributed by atoms with Gasteiger partial charge in [-0.1, -0.05) is 54.6 Å². The number of hydrogen-bond acceptors (Lipinski definition) is 6. The lowest BCUT2D eigenvalue weighted by atomic mass is 10.1. The van der Waals surface area contributed by atoms with Crippen LogP contribution in [0.25, 0.3) is 0 Å². The fourth-order valence-corrected chi connectivity index (χ4v) is 2.72. The van der Waals surface area contributed by atoms with Crippen LogP contribution in [0.4, 0.5) is 14.4 Å². The third-order valence-electron chi connectivity index (χ3n) is 4.24. The molecule has 0 unspecified atom stereocenters. The van der Waals surface area contributed by atoms with E-state index in [2.05, 4.69) is 4.99 Å². The monoisotopic (exact) mass is 483 g/mol. The van der Waals surface area contributed by atoms with Gasteiger partial charge in [0.1, 0.15) is 23.6 Å². The van der Waals surface area contributed by atoms with E-state index >= 15 is 0 Å². The van der Waals surface area contributed by atoms with Crippen molar-refractivity contribution >= 4 is 24.1 Å². The van der Waals surface area contributed by atoms with E-state index in [1.807, 2.05) is 30.3 Å². The maximum Gasteiger partial charge on any atom is 0.435 e. The van der Waals surface area contributed by atoms with Crippen LogP contribution in [-0.4, -0.2) is 40.2 Å². The van der Waals surface area contributed by atoms with Crippen LogP contribution in [0.15, 0.2) is 59.6 Å². The predicted octanol–water partition coefficient (Wildman–Crippen LogP) is 5.40. The van der Waals surface area contributed by atoms with Gasteiger partial charge in [0.05, 0.1) is 6.54 Å². The molecule has 35 heavy (non-hydrogen) atoms. The molecule has 2 aromatic rings. The highest BCUT2D eigenvalue weighted by Crippen LogP contribution is 2.17. The molecular weight excluding hydrogens is 450 g/mol. The zero-order valence-electron chi connectivity index (χ0n) is 21.0. The summed E-state index contributed by atoms with van der Waals surface area (Å²) in [6, 6.07) is 15.8. The van der Waals surface area contributed by atoms with Gasteiger partial charge in [-0.25, -0.2) is 19.3 Å². The zero-order valence-corrected chi connectivity index (χ0v) is 21.0. The van der Waals surface area contributed by atoms with Crippen LogP contribution in [0.2, 0.25) is 0 Å². The smallest absolute Gasteiger partial charge is 0.435 e. The first-order chi connectivity index (χ1) is 16.2. The van der Waals surface area contributed by atoms with Gasteiger partial charge in [-0.15, -0.1) is 0 Å². The zero-order chi connectivity index (χ0) is 26.2. The fourth-order valence-electron chi connectivity index (χ4n) is 2.72. The molecular formula is C26H33N3O6. The summed E-state index contributed by atoms with van der Waals surface area (Å²) in [6.07, 6.45) is -2.45. The quantitative estimate of drug-likeness (QED) is 0.343. The summed E-state index contributed by atoms with van der Waals surface area (Å²) in [4.78, 5) is 42.0. The molecule has 2 N–H and O–H groups in total. The van der Waals surface area contributed by atoms with Gasteiger partial charge in [0.2, 0.25) is 0 Å². The van der Waals surface area contributed by atoms with E-state index < -0.39 is 29.5 Å². The van der Waals surface area contributed by atoms with Crippen molar-refractivity contribution in [2.75, 3.05) is 0 Å². The Labute approximate surface area is 205 Å². The average molecular weight is 484 g/mol. The summed E-state index contributed by atoms with van der Waals surface area (Å²) < 4.78 is 15.8. The molecule has 0 bridgehead atoms. The maximum atomic E-state index is 12.7. The van der Waals surface area contributed by atoms with Crippen LogP contribution < -0.4 is 5.73 Å². The topological polar surface area (TPSA) is 121 Å². The standard InChI is InChI=1S/C26H33N3O6/c1-25(2,3)34-23(31)29(24(32)35-26(4,5)6)16-18-12-14-20(15-13-18)21(27)28-22(30)33-17-19-10-8-7-9-11-19/h7-15H,16-17H2,1-6H3,(H2,27,28,30).